The third kappa shape index (κ3) is 4.32. The van der Waals surface area contributed by atoms with E-state index in [4.69, 9.17) is 11.6 Å². The molecule has 1 unspecified atom stereocenters. The zero-order valence-electron chi connectivity index (χ0n) is 12.6. The van der Waals surface area contributed by atoms with E-state index >= 15 is 0 Å². The summed E-state index contributed by atoms with van der Waals surface area (Å²) in [6, 6.07) is 10.9. The molecule has 0 bridgehead atoms. The van der Waals surface area contributed by atoms with E-state index in [0.29, 0.717) is 12.0 Å². The lowest BCUT2D eigenvalue weighted by molar-refractivity contribution is 0.418. The minimum Gasteiger partial charge on any atom is -0.309 e. The summed E-state index contributed by atoms with van der Waals surface area (Å²) in [6.07, 6.45) is 1.15. The van der Waals surface area contributed by atoms with Crippen molar-refractivity contribution in [1.29, 1.82) is 0 Å². The molecular weight excluding hydrogens is 366 g/mol. The first kappa shape index (κ1) is 17.0. The highest BCUT2D eigenvalue weighted by atomic mass is 79.9. The van der Waals surface area contributed by atoms with Crippen molar-refractivity contribution in [1.82, 2.24) is 5.32 Å². The molecule has 0 spiro atoms. The fraction of sp³-hybridized carbons (Fsp3) is 0.412. The van der Waals surface area contributed by atoms with Crippen LogP contribution < -0.4 is 5.32 Å². The maximum Gasteiger partial charge on any atom is 0.0503 e. The van der Waals surface area contributed by atoms with E-state index in [-0.39, 0.29) is 0 Å². The Bertz CT molecular complexity index is 594. The standard InChI is InChI=1S/C17H21BrClNS/c1-4-9-20-17(11(2)3)16-8-7-15(21-16)13-6-5-12(18)10-14(13)19/h5-8,10-11,17,20H,4,9H2,1-3H3. The van der Waals surface area contributed by atoms with Gasteiger partial charge in [0.15, 0.2) is 0 Å². The van der Waals surface area contributed by atoms with E-state index < -0.39 is 0 Å². The molecule has 0 saturated heterocycles. The number of halogens is 2. The van der Waals surface area contributed by atoms with Crippen LogP contribution in [0.5, 0.6) is 0 Å². The molecule has 1 aromatic heterocycles. The summed E-state index contributed by atoms with van der Waals surface area (Å²) in [5.41, 5.74) is 1.11. The molecule has 21 heavy (non-hydrogen) atoms. The zero-order chi connectivity index (χ0) is 15.4. The molecule has 1 nitrogen and oxygen atoms in total. The van der Waals surface area contributed by atoms with Gasteiger partial charge >= 0.3 is 0 Å². The molecule has 1 heterocycles. The Labute approximate surface area is 144 Å². The summed E-state index contributed by atoms with van der Waals surface area (Å²) in [5, 5.41) is 4.44. The van der Waals surface area contributed by atoms with Gasteiger partial charge in [0.2, 0.25) is 0 Å². The lowest BCUT2D eigenvalue weighted by Gasteiger charge is -2.21. The van der Waals surface area contributed by atoms with Gasteiger partial charge in [0, 0.05) is 25.8 Å². The van der Waals surface area contributed by atoms with Crippen molar-refractivity contribution >= 4 is 38.9 Å². The predicted molar refractivity (Wildman–Crippen MR) is 98.3 cm³/mol. The van der Waals surface area contributed by atoms with Crippen LogP contribution in [0.3, 0.4) is 0 Å². The molecule has 1 N–H and O–H groups in total. The van der Waals surface area contributed by atoms with Gasteiger partial charge in [0.25, 0.3) is 0 Å². The molecule has 0 saturated carbocycles. The smallest absolute Gasteiger partial charge is 0.0503 e. The highest BCUT2D eigenvalue weighted by Crippen LogP contribution is 2.38. The zero-order valence-corrected chi connectivity index (χ0v) is 15.8. The van der Waals surface area contributed by atoms with Crippen LogP contribution in [0.4, 0.5) is 0 Å². The molecule has 1 aromatic carbocycles. The number of nitrogens with one attached hydrogen (secondary N) is 1. The molecule has 114 valence electrons. The van der Waals surface area contributed by atoms with Crippen LogP contribution in [0.25, 0.3) is 10.4 Å². The topological polar surface area (TPSA) is 12.0 Å². The van der Waals surface area contributed by atoms with E-state index in [9.17, 15) is 0 Å². The third-order valence-electron chi connectivity index (χ3n) is 3.41. The monoisotopic (exact) mass is 385 g/mol. The molecule has 1 atom stereocenters. The second-order valence-corrected chi connectivity index (χ2v) is 7.94. The predicted octanol–water partition coefficient (Wildman–Crippen LogP) is 6.53. The SMILES string of the molecule is CCCNC(c1ccc(-c2ccc(Br)cc2Cl)s1)C(C)C. The van der Waals surface area contributed by atoms with Crippen molar-refractivity contribution in [3.05, 3.63) is 44.7 Å². The number of thiophene rings is 1. The molecule has 0 aliphatic rings. The molecule has 0 aliphatic carbocycles. The first-order valence-electron chi connectivity index (χ1n) is 7.31. The highest BCUT2D eigenvalue weighted by molar-refractivity contribution is 9.10. The van der Waals surface area contributed by atoms with E-state index in [2.05, 4.69) is 60.2 Å². The summed E-state index contributed by atoms with van der Waals surface area (Å²) in [7, 11) is 0. The summed E-state index contributed by atoms with van der Waals surface area (Å²) in [5.74, 6) is 0.573. The second-order valence-electron chi connectivity index (χ2n) is 5.50. The number of rotatable bonds is 6. The fourth-order valence-corrected chi connectivity index (χ4v) is 4.45. The largest absolute Gasteiger partial charge is 0.309 e. The van der Waals surface area contributed by atoms with Crippen molar-refractivity contribution in [2.24, 2.45) is 5.92 Å². The van der Waals surface area contributed by atoms with Crippen molar-refractivity contribution in [2.75, 3.05) is 6.54 Å². The first-order chi connectivity index (χ1) is 10.0. The lowest BCUT2D eigenvalue weighted by Crippen LogP contribution is -2.25. The normalized spacial score (nSPS) is 12.9. The lowest BCUT2D eigenvalue weighted by atomic mass is 10.0. The maximum atomic E-state index is 6.36. The van der Waals surface area contributed by atoms with Gasteiger partial charge in [0.1, 0.15) is 0 Å². The van der Waals surface area contributed by atoms with Gasteiger partial charge in [0.05, 0.1) is 5.02 Å². The van der Waals surface area contributed by atoms with Gasteiger partial charge < -0.3 is 5.32 Å². The van der Waals surface area contributed by atoms with E-state index in [1.165, 1.54) is 9.75 Å². The van der Waals surface area contributed by atoms with E-state index in [1.807, 2.05) is 23.5 Å². The number of benzene rings is 1. The molecule has 2 aromatic rings. The first-order valence-corrected chi connectivity index (χ1v) is 9.30. The third-order valence-corrected chi connectivity index (χ3v) is 5.42. The van der Waals surface area contributed by atoms with Crippen LogP contribution in [0, 0.1) is 5.92 Å². The molecule has 0 fully saturated rings. The Hall–Kier alpha value is -0.350. The van der Waals surface area contributed by atoms with Crippen LogP contribution in [-0.2, 0) is 0 Å². The Morgan fingerprint density at radius 1 is 1.24 bits per heavy atom. The Kier molecular flexibility index (Phi) is 6.30. The molecule has 0 radical (unpaired) electrons. The quantitative estimate of drug-likeness (QED) is 0.595. The van der Waals surface area contributed by atoms with Crippen LogP contribution in [0.1, 0.15) is 38.1 Å². The maximum absolute atomic E-state index is 6.36. The van der Waals surface area contributed by atoms with Crippen LogP contribution in [0.15, 0.2) is 34.8 Å². The van der Waals surface area contributed by atoms with Crippen molar-refractivity contribution in [3.8, 4) is 10.4 Å². The average Bonchev–Trinajstić information content (AvgIpc) is 2.88. The molecular formula is C17H21BrClNS. The van der Waals surface area contributed by atoms with Gasteiger partial charge in [-0.25, -0.2) is 0 Å². The fourth-order valence-electron chi connectivity index (χ4n) is 2.32. The van der Waals surface area contributed by atoms with Gasteiger partial charge in [-0.1, -0.05) is 54.4 Å². The second kappa shape index (κ2) is 7.77. The molecule has 4 heteroatoms. The summed E-state index contributed by atoms with van der Waals surface area (Å²) in [6.45, 7) is 7.78. The van der Waals surface area contributed by atoms with Gasteiger partial charge in [-0.05, 0) is 43.1 Å². The Balaban J connectivity index is 2.27. The summed E-state index contributed by atoms with van der Waals surface area (Å²) >= 11 is 11.6. The van der Waals surface area contributed by atoms with E-state index in [0.717, 1.165) is 28.0 Å². The molecule has 0 amide bonds. The Morgan fingerprint density at radius 3 is 2.62 bits per heavy atom. The van der Waals surface area contributed by atoms with Crippen molar-refractivity contribution in [2.45, 2.75) is 33.2 Å². The van der Waals surface area contributed by atoms with Crippen molar-refractivity contribution in [3.63, 3.8) is 0 Å². The number of hydrogen-bond donors (Lipinski definition) is 1. The van der Waals surface area contributed by atoms with Crippen LogP contribution in [0.2, 0.25) is 5.02 Å². The van der Waals surface area contributed by atoms with E-state index in [1.54, 1.807) is 0 Å². The Morgan fingerprint density at radius 2 is 2.00 bits per heavy atom. The minimum atomic E-state index is 0.415. The number of hydrogen-bond acceptors (Lipinski definition) is 2. The molecule has 0 aliphatic heterocycles. The van der Waals surface area contributed by atoms with Gasteiger partial charge in [-0.15, -0.1) is 11.3 Å². The van der Waals surface area contributed by atoms with Crippen LogP contribution >= 0.6 is 38.9 Å². The van der Waals surface area contributed by atoms with Gasteiger partial charge in [-0.2, -0.15) is 0 Å². The summed E-state index contributed by atoms with van der Waals surface area (Å²) in [4.78, 5) is 2.61. The molecule has 2 rings (SSSR count). The average molecular weight is 387 g/mol. The van der Waals surface area contributed by atoms with Crippen LogP contribution in [-0.4, -0.2) is 6.54 Å². The minimum absolute atomic E-state index is 0.415. The highest BCUT2D eigenvalue weighted by Gasteiger charge is 2.18. The summed E-state index contributed by atoms with van der Waals surface area (Å²) < 4.78 is 1.01. The van der Waals surface area contributed by atoms with Crippen molar-refractivity contribution < 1.29 is 0 Å². The van der Waals surface area contributed by atoms with Gasteiger partial charge in [-0.3, -0.25) is 0 Å².